The fourth-order valence-corrected chi connectivity index (χ4v) is 3.30. The Morgan fingerprint density at radius 2 is 2.08 bits per heavy atom. The molecule has 7 nitrogen and oxygen atoms in total. The van der Waals surface area contributed by atoms with Crippen LogP contribution in [-0.2, 0) is 12.2 Å². The molecule has 0 saturated heterocycles. The summed E-state index contributed by atoms with van der Waals surface area (Å²) >= 11 is 1.51. The molecule has 0 amide bonds. The van der Waals surface area contributed by atoms with E-state index in [1.54, 1.807) is 4.68 Å². The topological polar surface area (TPSA) is 82.5 Å². The number of nitrogens with zero attached hydrogens (tertiary/aromatic N) is 6. The van der Waals surface area contributed by atoms with Gasteiger partial charge in [-0.15, -0.1) is 5.10 Å². The van der Waals surface area contributed by atoms with E-state index >= 15 is 0 Å². The van der Waals surface area contributed by atoms with E-state index in [-0.39, 0.29) is 0 Å². The smallest absolute Gasteiger partial charge is 0.229 e. The van der Waals surface area contributed by atoms with E-state index in [4.69, 9.17) is 4.52 Å². The second kappa shape index (κ2) is 7.35. The van der Waals surface area contributed by atoms with E-state index in [1.807, 2.05) is 0 Å². The van der Waals surface area contributed by atoms with Gasteiger partial charge >= 0.3 is 0 Å². The largest absolute Gasteiger partial charge is 0.339 e. The Hall–Kier alpha value is -2.22. The number of tetrazole rings is 1. The van der Waals surface area contributed by atoms with Gasteiger partial charge in [-0.1, -0.05) is 42.4 Å². The van der Waals surface area contributed by atoms with Crippen LogP contribution < -0.4 is 0 Å². The molecule has 1 saturated carbocycles. The average Bonchev–Trinajstić information content (AvgIpc) is 3.20. The quantitative estimate of drug-likeness (QED) is 0.571. The molecule has 0 bridgehead atoms. The maximum atomic E-state index is 5.29. The van der Waals surface area contributed by atoms with Crippen LogP contribution in [0.2, 0.25) is 0 Å². The number of unbranched alkanes of at least 4 members (excludes halogenated alkanes) is 1. The molecule has 1 aliphatic rings. The lowest BCUT2D eigenvalue weighted by Gasteiger charge is -2.05. The molecule has 3 aromatic rings. The fraction of sp³-hybridized carbons (Fsp3) is 0.471. The van der Waals surface area contributed by atoms with E-state index in [0.717, 1.165) is 36.0 Å². The van der Waals surface area contributed by atoms with Gasteiger partial charge in [0.15, 0.2) is 5.82 Å². The van der Waals surface area contributed by atoms with Gasteiger partial charge in [-0.3, -0.25) is 0 Å². The molecule has 1 fully saturated rings. The fourth-order valence-electron chi connectivity index (χ4n) is 2.57. The van der Waals surface area contributed by atoms with Crippen LogP contribution in [0.15, 0.2) is 33.9 Å². The number of thioether (sulfide) groups is 1. The van der Waals surface area contributed by atoms with Crippen molar-refractivity contribution in [2.45, 2.75) is 55.9 Å². The molecule has 0 radical (unpaired) electrons. The van der Waals surface area contributed by atoms with E-state index in [2.05, 4.69) is 56.9 Å². The summed E-state index contributed by atoms with van der Waals surface area (Å²) in [5.74, 6) is 2.52. The summed E-state index contributed by atoms with van der Waals surface area (Å²) in [6.45, 7) is 2.20. The normalized spacial score (nSPS) is 14.1. The van der Waals surface area contributed by atoms with Crippen LogP contribution in [0.1, 0.15) is 55.8 Å². The van der Waals surface area contributed by atoms with Gasteiger partial charge in [-0.2, -0.15) is 9.67 Å². The summed E-state index contributed by atoms with van der Waals surface area (Å²) in [5.41, 5.74) is 2.30. The molecule has 8 heteroatoms. The molecule has 0 spiro atoms. The number of hydrogen-bond acceptors (Lipinski definition) is 7. The predicted octanol–water partition coefficient (Wildman–Crippen LogP) is 3.56. The second-order valence-corrected chi connectivity index (χ2v) is 7.20. The van der Waals surface area contributed by atoms with Gasteiger partial charge in [0.25, 0.3) is 0 Å². The highest BCUT2D eigenvalue weighted by atomic mass is 32.2. The summed E-state index contributed by atoms with van der Waals surface area (Å²) in [5, 5.41) is 16.8. The second-order valence-electron chi connectivity index (χ2n) is 6.26. The Morgan fingerprint density at radius 1 is 1.24 bits per heavy atom. The standard InChI is InChI=1S/C17H20N6OS/c1-2-3-4-12-5-9-14(10-6-12)23-17(19-21-22-23)25-11-15-18-16(24-20-15)13-7-8-13/h5-6,9-10,13H,2-4,7-8,11H2,1H3. The monoisotopic (exact) mass is 356 g/mol. The van der Waals surface area contributed by atoms with Crippen molar-refractivity contribution in [3.8, 4) is 5.69 Å². The van der Waals surface area contributed by atoms with E-state index in [1.165, 1.54) is 30.2 Å². The van der Waals surface area contributed by atoms with Crippen molar-refractivity contribution in [2.24, 2.45) is 0 Å². The molecular formula is C17H20N6OS. The first kappa shape index (κ1) is 16.3. The molecule has 2 aromatic heterocycles. The van der Waals surface area contributed by atoms with Gasteiger partial charge in [0.1, 0.15) is 0 Å². The number of aryl methyl sites for hydroxylation is 1. The van der Waals surface area contributed by atoms with Crippen LogP contribution in [0, 0.1) is 0 Å². The molecule has 0 N–H and O–H groups in total. The molecule has 0 aliphatic heterocycles. The molecule has 25 heavy (non-hydrogen) atoms. The summed E-state index contributed by atoms with van der Waals surface area (Å²) in [4.78, 5) is 4.44. The highest BCUT2D eigenvalue weighted by Crippen LogP contribution is 2.39. The zero-order valence-electron chi connectivity index (χ0n) is 14.1. The van der Waals surface area contributed by atoms with Crippen LogP contribution in [0.4, 0.5) is 0 Å². The minimum atomic E-state index is 0.475. The van der Waals surface area contributed by atoms with Crippen molar-refractivity contribution < 1.29 is 4.52 Å². The first-order valence-electron chi connectivity index (χ1n) is 8.66. The summed E-state index contributed by atoms with van der Waals surface area (Å²) in [6, 6.07) is 8.40. The van der Waals surface area contributed by atoms with Crippen molar-refractivity contribution in [1.82, 2.24) is 30.3 Å². The van der Waals surface area contributed by atoms with E-state index in [0.29, 0.717) is 17.5 Å². The number of rotatable bonds is 8. The third-order valence-corrected chi connectivity index (χ3v) is 5.10. The Kier molecular flexibility index (Phi) is 4.78. The van der Waals surface area contributed by atoms with E-state index in [9.17, 15) is 0 Å². The summed E-state index contributed by atoms with van der Waals surface area (Å²) < 4.78 is 7.03. The summed E-state index contributed by atoms with van der Waals surface area (Å²) in [7, 11) is 0. The van der Waals surface area contributed by atoms with Crippen molar-refractivity contribution in [2.75, 3.05) is 0 Å². The van der Waals surface area contributed by atoms with Gasteiger partial charge in [0.05, 0.1) is 11.4 Å². The van der Waals surface area contributed by atoms with E-state index < -0.39 is 0 Å². The van der Waals surface area contributed by atoms with Crippen LogP contribution in [0.25, 0.3) is 5.69 Å². The highest BCUT2D eigenvalue weighted by Gasteiger charge is 2.29. The lowest BCUT2D eigenvalue weighted by molar-refractivity contribution is 0.375. The van der Waals surface area contributed by atoms with Crippen LogP contribution in [0.3, 0.4) is 0 Å². The summed E-state index contributed by atoms with van der Waals surface area (Å²) in [6.07, 6.45) is 5.82. The third-order valence-electron chi connectivity index (χ3n) is 4.18. The van der Waals surface area contributed by atoms with Crippen molar-refractivity contribution in [3.05, 3.63) is 41.5 Å². The van der Waals surface area contributed by atoms with Crippen LogP contribution in [-0.4, -0.2) is 30.3 Å². The number of benzene rings is 1. The number of hydrogen-bond donors (Lipinski definition) is 0. The van der Waals surface area contributed by atoms with Gasteiger partial charge in [0.2, 0.25) is 11.0 Å². The van der Waals surface area contributed by atoms with Gasteiger partial charge in [-0.05, 0) is 53.8 Å². The Morgan fingerprint density at radius 3 is 2.84 bits per heavy atom. The minimum Gasteiger partial charge on any atom is -0.339 e. The zero-order chi connectivity index (χ0) is 17.1. The van der Waals surface area contributed by atoms with Crippen molar-refractivity contribution in [3.63, 3.8) is 0 Å². The lowest BCUT2D eigenvalue weighted by atomic mass is 10.1. The van der Waals surface area contributed by atoms with Crippen molar-refractivity contribution in [1.29, 1.82) is 0 Å². The Bertz CT molecular complexity index is 824. The number of aromatic nitrogens is 6. The molecule has 4 rings (SSSR count). The molecule has 1 aliphatic carbocycles. The lowest BCUT2D eigenvalue weighted by Crippen LogP contribution is -2.00. The van der Waals surface area contributed by atoms with Crippen LogP contribution >= 0.6 is 11.8 Å². The first-order valence-corrected chi connectivity index (χ1v) is 9.65. The SMILES string of the molecule is CCCCc1ccc(-n2nnnc2SCc2noc(C3CC3)n2)cc1. The molecule has 1 aromatic carbocycles. The molecule has 130 valence electrons. The average molecular weight is 356 g/mol. The Labute approximate surface area is 150 Å². The third kappa shape index (κ3) is 3.89. The maximum Gasteiger partial charge on any atom is 0.229 e. The molecule has 0 unspecified atom stereocenters. The molecule has 0 atom stereocenters. The minimum absolute atomic E-state index is 0.475. The predicted molar refractivity (Wildman–Crippen MR) is 93.6 cm³/mol. The molecule has 2 heterocycles. The highest BCUT2D eigenvalue weighted by molar-refractivity contribution is 7.98. The van der Waals surface area contributed by atoms with Gasteiger partial charge in [-0.25, -0.2) is 0 Å². The Balaban J connectivity index is 1.42. The molecular weight excluding hydrogens is 336 g/mol. The first-order chi connectivity index (χ1) is 12.3. The van der Waals surface area contributed by atoms with Crippen molar-refractivity contribution >= 4 is 11.8 Å². The van der Waals surface area contributed by atoms with Gasteiger partial charge in [0, 0.05) is 5.92 Å². The van der Waals surface area contributed by atoms with Gasteiger partial charge < -0.3 is 4.52 Å². The van der Waals surface area contributed by atoms with Crippen LogP contribution in [0.5, 0.6) is 0 Å². The maximum absolute atomic E-state index is 5.29. The zero-order valence-corrected chi connectivity index (χ0v) is 14.9.